The molecule has 0 amide bonds. The molecule has 0 aromatic heterocycles. The molecule has 1 saturated heterocycles. The van der Waals surface area contributed by atoms with E-state index < -0.39 is 0 Å². The lowest BCUT2D eigenvalue weighted by molar-refractivity contribution is 0.267. The van der Waals surface area contributed by atoms with E-state index in [4.69, 9.17) is 0 Å². The number of rotatable bonds is 3. The summed E-state index contributed by atoms with van der Waals surface area (Å²) in [7, 11) is 0. The Morgan fingerprint density at radius 2 is 2.00 bits per heavy atom. The summed E-state index contributed by atoms with van der Waals surface area (Å²) in [4.78, 5) is 2.60. The lowest BCUT2D eigenvalue weighted by Crippen LogP contribution is -2.26. The quantitative estimate of drug-likeness (QED) is 0.802. The van der Waals surface area contributed by atoms with Gasteiger partial charge in [0.2, 0.25) is 0 Å². The van der Waals surface area contributed by atoms with Crippen molar-refractivity contribution in [3.05, 3.63) is 40.2 Å². The second-order valence-corrected chi connectivity index (χ2v) is 5.80. The third-order valence-corrected chi connectivity index (χ3v) is 3.67. The lowest BCUT2D eigenvalue weighted by atomic mass is 10.0. The molecule has 1 radical (unpaired) electrons. The zero-order valence-electron chi connectivity index (χ0n) is 10.0. The van der Waals surface area contributed by atoms with Gasteiger partial charge in [0.05, 0.1) is 0 Å². The van der Waals surface area contributed by atoms with E-state index in [2.05, 4.69) is 58.9 Å². The van der Waals surface area contributed by atoms with Gasteiger partial charge in [0.15, 0.2) is 0 Å². The topological polar surface area (TPSA) is 3.24 Å². The Morgan fingerprint density at radius 1 is 1.31 bits per heavy atom. The van der Waals surface area contributed by atoms with Crippen LogP contribution in [0.1, 0.15) is 38.3 Å². The number of halogens is 1. The molecule has 2 rings (SSSR count). The molecule has 1 unspecified atom stereocenters. The molecular weight excluding hydrogens is 262 g/mol. The van der Waals surface area contributed by atoms with Crippen LogP contribution in [0.3, 0.4) is 0 Å². The van der Waals surface area contributed by atoms with Gasteiger partial charge < -0.3 is 0 Å². The van der Waals surface area contributed by atoms with Crippen LogP contribution < -0.4 is 0 Å². The lowest BCUT2D eigenvalue weighted by Gasteiger charge is -2.26. The van der Waals surface area contributed by atoms with Crippen molar-refractivity contribution in [3.63, 3.8) is 0 Å². The van der Waals surface area contributed by atoms with Crippen LogP contribution in [0.15, 0.2) is 28.7 Å². The molecule has 1 aliphatic heterocycles. The molecule has 0 saturated carbocycles. The third-order valence-electron chi connectivity index (χ3n) is 3.14. The minimum Gasteiger partial charge on any atom is -0.296 e. The fourth-order valence-electron chi connectivity index (χ4n) is 2.48. The normalized spacial score (nSPS) is 21.9. The first kappa shape index (κ1) is 12.1. The van der Waals surface area contributed by atoms with Gasteiger partial charge in [-0.2, -0.15) is 0 Å². The number of benzene rings is 1. The average Bonchev–Trinajstić information content (AvgIpc) is 2.66. The first-order chi connectivity index (χ1) is 7.66. The highest BCUT2D eigenvalue weighted by Crippen LogP contribution is 2.33. The molecular formula is C14H19BrN. The Labute approximate surface area is 107 Å². The molecule has 0 bridgehead atoms. The maximum Gasteiger partial charge on any atom is 0.0348 e. The van der Waals surface area contributed by atoms with Crippen LogP contribution in [-0.2, 0) is 0 Å². The van der Waals surface area contributed by atoms with Crippen molar-refractivity contribution in [2.75, 3.05) is 13.1 Å². The highest BCUT2D eigenvalue weighted by Gasteiger charge is 2.25. The smallest absolute Gasteiger partial charge is 0.0348 e. The summed E-state index contributed by atoms with van der Waals surface area (Å²) in [6, 6.07) is 9.42. The van der Waals surface area contributed by atoms with Gasteiger partial charge in [-0.15, -0.1) is 0 Å². The molecule has 1 nitrogen and oxygen atoms in total. The third kappa shape index (κ3) is 2.86. The van der Waals surface area contributed by atoms with Crippen molar-refractivity contribution in [1.29, 1.82) is 0 Å². The van der Waals surface area contributed by atoms with Gasteiger partial charge in [0, 0.05) is 17.1 Å². The molecule has 1 atom stereocenters. The Kier molecular flexibility index (Phi) is 4.04. The first-order valence-corrected chi connectivity index (χ1v) is 6.74. The van der Waals surface area contributed by atoms with E-state index in [0.717, 1.165) is 6.54 Å². The summed E-state index contributed by atoms with van der Waals surface area (Å²) < 4.78 is 1.17. The summed E-state index contributed by atoms with van der Waals surface area (Å²) in [5, 5.41) is 0. The predicted molar refractivity (Wildman–Crippen MR) is 72.3 cm³/mol. The molecule has 1 fully saturated rings. The minimum absolute atomic E-state index is 0.628. The Morgan fingerprint density at radius 3 is 2.62 bits per heavy atom. The molecule has 87 valence electrons. The summed E-state index contributed by atoms with van der Waals surface area (Å²) in [5.74, 6) is 1.50. The minimum atomic E-state index is 0.628. The van der Waals surface area contributed by atoms with E-state index in [1.807, 2.05) is 0 Å². The van der Waals surface area contributed by atoms with Crippen LogP contribution in [0.4, 0.5) is 0 Å². The molecule has 16 heavy (non-hydrogen) atoms. The van der Waals surface area contributed by atoms with Gasteiger partial charge >= 0.3 is 0 Å². The fraction of sp³-hybridized carbons (Fsp3) is 0.500. The average molecular weight is 281 g/mol. The number of hydrogen-bond donors (Lipinski definition) is 0. The molecule has 0 spiro atoms. The predicted octanol–water partition coefficient (Wildman–Crippen LogP) is 4.20. The van der Waals surface area contributed by atoms with Crippen molar-refractivity contribution >= 4 is 15.9 Å². The summed E-state index contributed by atoms with van der Waals surface area (Å²) in [6.45, 7) is 6.82. The van der Waals surface area contributed by atoms with Gasteiger partial charge in [-0.3, -0.25) is 4.90 Å². The molecule has 0 aliphatic carbocycles. The van der Waals surface area contributed by atoms with Gasteiger partial charge in [0.1, 0.15) is 0 Å². The maximum absolute atomic E-state index is 3.49. The maximum atomic E-state index is 3.49. The van der Waals surface area contributed by atoms with Gasteiger partial charge in [-0.1, -0.05) is 41.9 Å². The monoisotopic (exact) mass is 280 g/mol. The number of hydrogen-bond acceptors (Lipinski definition) is 1. The molecule has 1 aromatic rings. The van der Waals surface area contributed by atoms with E-state index in [-0.39, 0.29) is 0 Å². The van der Waals surface area contributed by atoms with Crippen molar-refractivity contribution in [2.45, 2.75) is 32.7 Å². The second kappa shape index (κ2) is 5.33. The largest absolute Gasteiger partial charge is 0.296 e. The van der Waals surface area contributed by atoms with Crippen molar-refractivity contribution in [3.8, 4) is 0 Å². The van der Waals surface area contributed by atoms with E-state index in [1.54, 1.807) is 0 Å². The van der Waals surface area contributed by atoms with Crippen LogP contribution in [0.25, 0.3) is 0 Å². The van der Waals surface area contributed by atoms with Gasteiger partial charge in [-0.05, 0) is 43.0 Å². The molecule has 1 heterocycles. The Bertz CT molecular complexity index is 331. The standard InChI is InChI=1S/C14H19BrN/c1-11(2)10-16-9-3-4-14(16)12-5-7-13(15)8-6-12/h5-8,14H,3-4,9-10H2,1-2H3. The highest BCUT2D eigenvalue weighted by atomic mass is 79.9. The number of nitrogens with zero attached hydrogens (tertiary/aromatic N) is 1. The van der Waals surface area contributed by atoms with E-state index in [9.17, 15) is 0 Å². The molecule has 0 N–H and O–H groups in total. The fourth-order valence-corrected chi connectivity index (χ4v) is 2.75. The zero-order chi connectivity index (χ0) is 11.5. The molecule has 2 heteroatoms. The second-order valence-electron chi connectivity index (χ2n) is 4.89. The number of likely N-dealkylation sites (tertiary alicyclic amines) is 1. The van der Waals surface area contributed by atoms with Crippen LogP contribution in [-0.4, -0.2) is 18.0 Å². The highest BCUT2D eigenvalue weighted by molar-refractivity contribution is 9.10. The summed E-state index contributed by atoms with van der Waals surface area (Å²) in [6.07, 6.45) is 2.63. The van der Waals surface area contributed by atoms with Crippen LogP contribution >= 0.6 is 15.9 Å². The van der Waals surface area contributed by atoms with E-state index >= 15 is 0 Å². The Hall–Kier alpha value is -0.340. The zero-order valence-corrected chi connectivity index (χ0v) is 11.6. The summed E-state index contributed by atoms with van der Waals surface area (Å²) >= 11 is 3.49. The van der Waals surface area contributed by atoms with Gasteiger partial charge in [-0.25, -0.2) is 0 Å². The molecule has 1 aromatic carbocycles. The van der Waals surface area contributed by atoms with E-state index in [1.165, 1.54) is 35.3 Å². The van der Waals surface area contributed by atoms with Crippen molar-refractivity contribution < 1.29 is 0 Å². The molecule has 1 aliphatic rings. The first-order valence-electron chi connectivity index (χ1n) is 5.95. The SMILES string of the molecule is C[C](C)CN1CCCC1c1ccc(Br)cc1. The van der Waals surface area contributed by atoms with Crippen LogP contribution in [0.5, 0.6) is 0 Å². The summed E-state index contributed by atoms with van der Waals surface area (Å²) in [5.41, 5.74) is 1.46. The van der Waals surface area contributed by atoms with Crippen LogP contribution in [0.2, 0.25) is 0 Å². The van der Waals surface area contributed by atoms with Gasteiger partial charge in [0.25, 0.3) is 0 Å². The van der Waals surface area contributed by atoms with E-state index in [0.29, 0.717) is 6.04 Å². The van der Waals surface area contributed by atoms with Crippen LogP contribution in [0, 0.1) is 5.92 Å². The van der Waals surface area contributed by atoms with Crippen molar-refractivity contribution in [1.82, 2.24) is 4.90 Å². The van der Waals surface area contributed by atoms with Crippen molar-refractivity contribution in [2.24, 2.45) is 0 Å². The Balaban J connectivity index is 2.10.